The Hall–Kier alpha value is -0.890. The number of fused-ring (bicyclic) bond motifs is 1. The smallest absolute Gasteiger partial charge is 0.256 e. The second kappa shape index (κ2) is 11.2. The molecule has 4 N–H and O–H groups in total. The van der Waals surface area contributed by atoms with Crippen molar-refractivity contribution in [2.24, 2.45) is 17.3 Å². The van der Waals surface area contributed by atoms with Crippen LogP contribution >= 0.6 is 0 Å². The van der Waals surface area contributed by atoms with E-state index in [-0.39, 0.29) is 31.2 Å². The van der Waals surface area contributed by atoms with Gasteiger partial charge in [-0.15, -0.1) is 0 Å². The molecule has 3 aliphatic heterocycles. The topological polar surface area (TPSA) is 145 Å². The minimum absolute atomic E-state index is 0.108. The van der Waals surface area contributed by atoms with Gasteiger partial charge in [-0.05, 0) is 18.8 Å². The first-order valence-electron chi connectivity index (χ1n) is 12.3. The number of aliphatic hydroxyl groups excluding tert-OH is 3. The Bertz CT molecular complexity index is 708. The fraction of sp³-hybridized carbons (Fsp3) is 0.958. The number of methoxy groups -OCH3 is 2. The Kier molecular flexibility index (Phi) is 9.21. The molecule has 1 amide bonds. The van der Waals surface area contributed by atoms with Gasteiger partial charge in [0.2, 0.25) is 5.79 Å². The quantitative estimate of drug-likeness (QED) is 0.359. The summed E-state index contributed by atoms with van der Waals surface area (Å²) in [5.74, 6) is -1.81. The van der Waals surface area contributed by atoms with E-state index in [1.807, 2.05) is 27.7 Å². The first-order valence-corrected chi connectivity index (χ1v) is 12.3. The van der Waals surface area contributed by atoms with Crippen molar-refractivity contribution < 1.29 is 48.5 Å². The minimum Gasteiger partial charge on any atom is -0.394 e. The number of nitrogens with one attached hydrogen (secondary N) is 1. The lowest BCUT2D eigenvalue weighted by molar-refractivity contribution is -0.334. The first kappa shape index (κ1) is 28.7. The van der Waals surface area contributed by atoms with Crippen LogP contribution in [-0.2, 0) is 33.2 Å². The number of rotatable bonds is 8. The van der Waals surface area contributed by atoms with Crippen molar-refractivity contribution in [3.63, 3.8) is 0 Å². The third-order valence-electron chi connectivity index (χ3n) is 8.19. The normalized spacial score (nSPS) is 43.1. The molecule has 11 nitrogen and oxygen atoms in total. The fourth-order valence-electron chi connectivity index (χ4n) is 5.58. The Labute approximate surface area is 207 Å². The number of aliphatic hydroxyl groups is 3. The fourth-order valence-corrected chi connectivity index (χ4v) is 5.58. The number of hydrogen-bond donors (Lipinski definition) is 4. The maximum atomic E-state index is 13.2. The molecule has 11 heteroatoms. The van der Waals surface area contributed by atoms with Crippen LogP contribution < -0.4 is 5.32 Å². The number of carbonyl (C=O) groups is 1. The van der Waals surface area contributed by atoms with Crippen molar-refractivity contribution in [3.05, 3.63) is 0 Å². The standard InChI is InChI=1S/C24H43NO10/c1-12-9-24(31-7,35-14(3)13(12)2)19(28)21(29)25-22-18-17(32-11-33-22)20(30-6)23(4,5)16(34-18)8-15(27)10-26/h12-20,22,26-28H,8-11H2,1-7H3,(H,25,29)/t12-,13+,14+,15+,16+,17-,18-,19+,20+,22+,24+/m0/s1. The van der Waals surface area contributed by atoms with Gasteiger partial charge in [0.15, 0.2) is 12.3 Å². The summed E-state index contributed by atoms with van der Waals surface area (Å²) in [6.07, 6.45) is -5.58. The van der Waals surface area contributed by atoms with E-state index in [2.05, 4.69) is 12.2 Å². The summed E-state index contributed by atoms with van der Waals surface area (Å²) in [6, 6.07) is 0. The van der Waals surface area contributed by atoms with Crippen molar-refractivity contribution in [1.82, 2.24) is 5.32 Å². The van der Waals surface area contributed by atoms with E-state index in [0.717, 1.165) is 0 Å². The maximum absolute atomic E-state index is 13.2. The van der Waals surface area contributed by atoms with E-state index >= 15 is 0 Å². The molecule has 0 aromatic heterocycles. The summed E-state index contributed by atoms with van der Waals surface area (Å²) in [6.45, 7) is 9.36. The maximum Gasteiger partial charge on any atom is 0.256 e. The van der Waals surface area contributed by atoms with Gasteiger partial charge in [-0.1, -0.05) is 27.7 Å². The van der Waals surface area contributed by atoms with Crippen molar-refractivity contribution in [1.29, 1.82) is 0 Å². The van der Waals surface area contributed by atoms with Crippen molar-refractivity contribution in [2.45, 2.75) is 102 Å². The van der Waals surface area contributed by atoms with E-state index in [9.17, 15) is 20.1 Å². The average Bonchev–Trinajstić information content (AvgIpc) is 2.82. The van der Waals surface area contributed by atoms with E-state index in [4.69, 9.17) is 28.4 Å². The molecule has 3 heterocycles. The highest BCUT2D eigenvalue weighted by molar-refractivity contribution is 5.82. The summed E-state index contributed by atoms with van der Waals surface area (Å²) < 4.78 is 35.2. The molecular formula is C24H43NO10. The summed E-state index contributed by atoms with van der Waals surface area (Å²) in [4.78, 5) is 13.2. The second-order valence-corrected chi connectivity index (χ2v) is 10.8. The van der Waals surface area contributed by atoms with Gasteiger partial charge >= 0.3 is 0 Å². The van der Waals surface area contributed by atoms with Crippen LogP contribution in [0.5, 0.6) is 0 Å². The minimum atomic E-state index is -1.61. The highest BCUT2D eigenvalue weighted by Gasteiger charge is 2.57. The lowest BCUT2D eigenvalue weighted by atomic mass is 9.72. The number of ether oxygens (including phenoxy) is 6. The monoisotopic (exact) mass is 505 g/mol. The molecule has 0 aliphatic carbocycles. The molecule has 0 radical (unpaired) electrons. The van der Waals surface area contributed by atoms with Crippen LogP contribution in [0, 0.1) is 17.3 Å². The van der Waals surface area contributed by atoms with Gasteiger partial charge in [0, 0.05) is 32.5 Å². The predicted octanol–water partition coefficient (Wildman–Crippen LogP) is 0.138. The Morgan fingerprint density at radius 1 is 1.14 bits per heavy atom. The highest BCUT2D eigenvalue weighted by Crippen LogP contribution is 2.44. The first-order chi connectivity index (χ1) is 16.4. The van der Waals surface area contributed by atoms with Gasteiger partial charge < -0.3 is 49.1 Å². The molecule has 0 saturated carbocycles. The molecule has 0 aromatic rings. The molecule has 3 rings (SSSR count). The molecule has 35 heavy (non-hydrogen) atoms. The predicted molar refractivity (Wildman–Crippen MR) is 123 cm³/mol. The van der Waals surface area contributed by atoms with Crippen LogP contribution in [0.3, 0.4) is 0 Å². The van der Waals surface area contributed by atoms with Gasteiger partial charge in [-0.2, -0.15) is 0 Å². The summed E-state index contributed by atoms with van der Waals surface area (Å²) in [5, 5.41) is 33.2. The zero-order valence-electron chi connectivity index (χ0n) is 21.8. The van der Waals surface area contributed by atoms with Crippen molar-refractivity contribution in [2.75, 3.05) is 27.6 Å². The summed E-state index contributed by atoms with van der Waals surface area (Å²) >= 11 is 0. The lowest BCUT2D eigenvalue weighted by Crippen LogP contribution is -2.69. The highest BCUT2D eigenvalue weighted by atomic mass is 16.7. The van der Waals surface area contributed by atoms with Gasteiger partial charge in [-0.3, -0.25) is 4.79 Å². The van der Waals surface area contributed by atoms with Crippen molar-refractivity contribution in [3.8, 4) is 0 Å². The zero-order chi connectivity index (χ0) is 26.1. The van der Waals surface area contributed by atoms with Crippen molar-refractivity contribution >= 4 is 5.91 Å². The van der Waals surface area contributed by atoms with Crippen LogP contribution in [-0.4, -0.2) is 104 Å². The van der Waals surface area contributed by atoms with Crippen LogP contribution in [0.1, 0.15) is 47.5 Å². The third kappa shape index (κ3) is 5.53. The van der Waals surface area contributed by atoms with Gasteiger partial charge in [0.05, 0.1) is 31.0 Å². The Morgan fingerprint density at radius 2 is 1.83 bits per heavy atom. The van der Waals surface area contributed by atoms with E-state index < -0.39 is 66.6 Å². The van der Waals surface area contributed by atoms with E-state index in [1.54, 1.807) is 7.11 Å². The Balaban J connectivity index is 1.79. The van der Waals surface area contributed by atoms with Crippen LogP contribution in [0.15, 0.2) is 0 Å². The molecule has 0 aromatic carbocycles. The Morgan fingerprint density at radius 3 is 2.40 bits per heavy atom. The molecule has 11 atom stereocenters. The van der Waals surface area contributed by atoms with Crippen LogP contribution in [0.25, 0.3) is 0 Å². The molecule has 3 saturated heterocycles. The summed E-state index contributed by atoms with van der Waals surface area (Å²) in [5.41, 5.74) is -0.573. The molecule has 0 unspecified atom stereocenters. The molecule has 204 valence electrons. The van der Waals surface area contributed by atoms with Gasteiger partial charge in [0.25, 0.3) is 5.91 Å². The summed E-state index contributed by atoms with van der Waals surface area (Å²) in [7, 11) is 2.98. The zero-order valence-corrected chi connectivity index (χ0v) is 21.8. The van der Waals surface area contributed by atoms with E-state index in [1.165, 1.54) is 7.11 Å². The molecule has 3 aliphatic rings. The van der Waals surface area contributed by atoms with Gasteiger partial charge in [-0.25, -0.2) is 0 Å². The molecule has 0 spiro atoms. The van der Waals surface area contributed by atoms with Crippen LogP contribution in [0.4, 0.5) is 0 Å². The average molecular weight is 506 g/mol. The van der Waals surface area contributed by atoms with Crippen LogP contribution in [0.2, 0.25) is 0 Å². The SMILES string of the molecule is CO[C@@H]1[C@H]2OCO[C@@H](NC(=O)[C@@H](O)[C@@]3(OC)C[C@H](C)[C@@H](C)[C@@H](C)O3)[C@H]2O[C@H](C[C@@H](O)CO)C1(C)C. The third-order valence-corrected chi connectivity index (χ3v) is 8.19. The molecule has 3 fully saturated rings. The van der Waals surface area contributed by atoms with Gasteiger partial charge in [0.1, 0.15) is 19.0 Å². The van der Waals surface area contributed by atoms with E-state index in [0.29, 0.717) is 6.42 Å². The number of carbonyl (C=O) groups excluding carboxylic acids is 1. The number of amides is 1. The molecular weight excluding hydrogens is 462 g/mol. The number of hydrogen-bond acceptors (Lipinski definition) is 10. The second-order valence-electron chi connectivity index (χ2n) is 10.8. The largest absolute Gasteiger partial charge is 0.394 e. The lowest BCUT2D eigenvalue weighted by Gasteiger charge is -2.54. The molecule has 0 bridgehead atoms.